The lowest BCUT2D eigenvalue weighted by Crippen LogP contribution is -2.60. The molecule has 1 aliphatic heterocycles. The van der Waals surface area contributed by atoms with Gasteiger partial charge in [-0.05, 0) is 11.6 Å². The lowest BCUT2D eigenvalue weighted by atomic mass is 10.1. The van der Waals surface area contributed by atoms with Gasteiger partial charge in [0.25, 0.3) is 0 Å². The Bertz CT molecular complexity index is 367. The molecule has 1 atom stereocenters. The first-order valence-corrected chi connectivity index (χ1v) is 4.84. The number of hydrogen-bond donors (Lipinski definition) is 1. The Morgan fingerprint density at radius 3 is 2.79 bits per heavy atom. The minimum Gasteiger partial charge on any atom is -0.335 e. The molecule has 2 N–H and O–H groups in total. The van der Waals surface area contributed by atoms with Gasteiger partial charge in [0, 0.05) is 18.1 Å². The van der Waals surface area contributed by atoms with Crippen molar-refractivity contribution in [1.29, 1.82) is 0 Å². The van der Waals surface area contributed by atoms with Crippen LogP contribution in [0.15, 0.2) is 24.3 Å². The van der Waals surface area contributed by atoms with Gasteiger partial charge < -0.3 is 10.6 Å². The summed E-state index contributed by atoms with van der Waals surface area (Å²) >= 11 is 5.96. The van der Waals surface area contributed by atoms with E-state index in [1.165, 1.54) is 0 Å². The fourth-order valence-corrected chi connectivity index (χ4v) is 1.70. The molecule has 1 aromatic carbocycles. The first kappa shape index (κ1) is 9.49. The Morgan fingerprint density at radius 2 is 2.21 bits per heavy atom. The van der Waals surface area contributed by atoms with E-state index in [2.05, 4.69) is 0 Å². The smallest absolute Gasteiger partial charge is 0.241 e. The van der Waals surface area contributed by atoms with E-state index in [1.54, 1.807) is 4.90 Å². The summed E-state index contributed by atoms with van der Waals surface area (Å²) in [6.45, 7) is 1.19. The monoisotopic (exact) mass is 210 g/mol. The summed E-state index contributed by atoms with van der Waals surface area (Å²) in [4.78, 5) is 12.9. The molecule has 0 aliphatic carbocycles. The molecular formula is C10H11ClN2O. The molecular weight excluding hydrogens is 200 g/mol. The lowest BCUT2D eigenvalue weighted by molar-refractivity contribution is -0.143. The molecule has 14 heavy (non-hydrogen) atoms. The summed E-state index contributed by atoms with van der Waals surface area (Å²) in [6, 6.07) is 7.21. The topological polar surface area (TPSA) is 46.3 Å². The zero-order chi connectivity index (χ0) is 10.1. The average Bonchev–Trinajstić information content (AvgIpc) is 2.20. The highest BCUT2D eigenvalue weighted by Gasteiger charge is 2.33. The van der Waals surface area contributed by atoms with Gasteiger partial charge in [-0.15, -0.1) is 0 Å². The van der Waals surface area contributed by atoms with Gasteiger partial charge in [0.05, 0.1) is 0 Å². The minimum atomic E-state index is -0.308. The van der Waals surface area contributed by atoms with Gasteiger partial charge in [-0.25, -0.2) is 0 Å². The molecule has 1 aromatic rings. The number of nitrogens with zero attached hydrogens (tertiary/aromatic N) is 1. The maximum Gasteiger partial charge on any atom is 0.241 e. The molecule has 0 saturated carbocycles. The van der Waals surface area contributed by atoms with Crippen LogP contribution in [0.1, 0.15) is 5.56 Å². The van der Waals surface area contributed by atoms with Crippen LogP contribution in [-0.4, -0.2) is 23.4 Å². The molecule has 0 radical (unpaired) electrons. The van der Waals surface area contributed by atoms with Crippen LogP contribution < -0.4 is 5.73 Å². The predicted molar refractivity (Wildman–Crippen MR) is 54.8 cm³/mol. The molecule has 3 nitrogen and oxygen atoms in total. The highest BCUT2D eigenvalue weighted by molar-refractivity contribution is 6.31. The Balaban J connectivity index is 2.06. The van der Waals surface area contributed by atoms with Gasteiger partial charge in [-0.2, -0.15) is 0 Å². The molecule has 1 saturated heterocycles. The Morgan fingerprint density at radius 1 is 1.50 bits per heavy atom. The van der Waals surface area contributed by atoms with E-state index in [1.807, 2.05) is 24.3 Å². The van der Waals surface area contributed by atoms with Crippen LogP contribution in [0.25, 0.3) is 0 Å². The molecule has 1 aliphatic rings. The number of rotatable bonds is 2. The average molecular weight is 211 g/mol. The number of halogens is 1. The van der Waals surface area contributed by atoms with E-state index in [0.29, 0.717) is 18.1 Å². The minimum absolute atomic E-state index is 0.00456. The van der Waals surface area contributed by atoms with Gasteiger partial charge in [-0.1, -0.05) is 29.8 Å². The van der Waals surface area contributed by atoms with Crippen LogP contribution in [0.5, 0.6) is 0 Å². The van der Waals surface area contributed by atoms with E-state index in [9.17, 15) is 4.79 Å². The number of amides is 1. The molecule has 0 aromatic heterocycles. The zero-order valence-electron chi connectivity index (χ0n) is 7.61. The van der Waals surface area contributed by atoms with Gasteiger partial charge in [-0.3, -0.25) is 4.79 Å². The molecule has 1 amide bonds. The largest absolute Gasteiger partial charge is 0.335 e. The third-order valence-corrected chi connectivity index (χ3v) is 2.73. The van der Waals surface area contributed by atoms with Crippen molar-refractivity contribution < 1.29 is 4.79 Å². The first-order chi connectivity index (χ1) is 6.68. The number of carbonyl (C=O) groups is 1. The third kappa shape index (κ3) is 1.61. The van der Waals surface area contributed by atoms with Crippen LogP contribution in [0.4, 0.5) is 0 Å². The number of likely N-dealkylation sites (tertiary alicyclic amines) is 1. The van der Waals surface area contributed by atoms with Crippen molar-refractivity contribution in [3.8, 4) is 0 Å². The van der Waals surface area contributed by atoms with Crippen LogP contribution in [0.3, 0.4) is 0 Å². The van der Waals surface area contributed by atoms with Crippen LogP contribution >= 0.6 is 11.6 Å². The Hall–Kier alpha value is -1.06. The number of hydrogen-bond acceptors (Lipinski definition) is 2. The van der Waals surface area contributed by atoms with Crippen molar-refractivity contribution in [3.63, 3.8) is 0 Å². The van der Waals surface area contributed by atoms with Crippen LogP contribution in [0, 0.1) is 0 Å². The summed E-state index contributed by atoms with van der Waals surface area (Å²) in [5, 5.41) is 0.695. The van der Waals surface area contributed by atoms with Crippen molar-refractivity contribution in [2.75, 3.05) is 6.54 Å². The Kier molecular flexibility index (Phi) is 2.44. The normalized spacial score (nSPS) is 20.9. The third-order valence-electron chi connectivity index (χ3n) is 2.36. The van der Waals surface area contributed by atoms with E-state index >= 15 is 0 Å². The summed E-state index contributed by atoms with van der Waals surface area (Å²) in [7, 11) is 0. The second-order valence-electron chi connectivity index (χ2n) is 3.42. The van der Waals surface area contributed by atoms with Crippen molar-refractivity contribution in [3.05, 3.63) is 34.9 Å². The highest BCUT2D eigenvalue weighted by Crippen LogP contribution is 2.19. The number of nitrogens with two attached hydrogens (primary N) is 1. The fourth-order valence-electron chi connectivity index (χ4n) is 1.50. The van der Waals surface area contributed by atoms with Crippen molar-refractivity contribution >= 4 is 17.5 Å². The maximum atomic E-state index is 11.2. The molecule has 1 fully saturated rings. The molecule has 4 heteroatoms. The quantitative estimate of drug-likeness (QED) is 0.741. The summed E-state index contributed by atoms with van der Waals surface area (Å²) < 4.78 is 0. The first-order valence-electron chi connectivity index (χ1n) is 4.46. The van der Waals surface area contributed by atoms with Crippen molar-refractivity contribution in [2.24, 2.45) is 5.73 Å². The van der Waals surface area contributed by atoms with E-state index in [4.69, 9.17) is 17.3 Å². The Labute approximate surface area is 87.4 Å². The SMILES string of the molecule is NC1CN(Cc2ccccc2Cl)C1=O. The number of carbonyl (C=O) groups excluding carboxylic acids is 1. The standard InChI is InChI=1S/C10H11ClN2O/c11-8-4-2-1-3-7(8)5-13-6-9(12)10(13)14/h1-4,9H,5-6,12H2. The molecule has 1 heterocycles. The predicted octanol–water partition coefficient (Wildman–Crippen LogP) is 1.01. The van der Waals surface area contributed by atoms with E-state index in [0.717, 1.165) is 5.56 Å². The second kappa shape index (κ2) is 3.59. The van der Waals surface area contributed by atoms with Crippen LogP contribution in [-0.2, 0) is 11.3 Å². The number of β-lactam (4-membered cyclic amide) rings is 1. The highest BCUT2D eigenvalue weighted by atomic mass is 35.5. The zero-order valence-corrected chi connectivity index (χ0v) is 8.37. The summed E-state index contributed by atoms with van der Waals surface area (Å²) in [5.74, 6) is 0.00456. The van der Waals surface area contributed by atoms with E-state index in [-0.39, 0.29) is 11.9 Å². The summed E-state index contributed by atoms with van der Waals surface area (Å²) in [5.41, 5.74) is 6.45. The van der Waals surface area contributed by atoms with Gasteiger partial charge >= 0.3 is 0 Å². The maximum absolute atomic E-state index is 11.2. The fraction of sp³-hybridized carbons (Fsp3) is 0.300. The molecule has 74 valence electrons. The van der Waals surface area contributed by atoms with Crippen molar-refractivity contribution in [2.45, 2.75) is 12.6 Å². The van der Waals surface area contributed by atoms with E-state index < -0.39 is 0 Å². The molecule has 2 rings (SSSR count). The number of benzene rings is 1. The molecule has 0 bridgehead atoms. The van der Waals surface area contributed by atoms with Crippen molar-refractivity contribution in [1.82, 2.24) is 4.90 Å². The van der Waals surface area contributed by atoms with Gasteiger partial charge in [0.1, 0.15) is 6.04 Å². The van der Waals surface area contributed by atoms with Gasteiger partial charge in [0.2, 0.25) is 5.91 Å². The molecule has 1 unspecified atom stereocenters. The summed E-state index contributed by atoms with van der Waals surface area (Å²) in [6.07, 6.45) is 0. The lowest BCUT2D eigenvalue weighted by Gasteiger charge is -2.36. The molecule has 0 spiro atoms. The second-order valence-corrected chi connectivity index (χ2v) is 3.82. The van der Waals surface area contributed by atoms with Gasteiger partial charge in [0.15, 0.2) is 0 Å². The van der Waals surface area contributed by atoms with Crippen LogP contribution in [0.2, 0.25) is 5.02 Å².